The molecule has 4 nitrogen and oxygen atoms in total. The van der Waals surface area contributed by atoms with Crippen LogP contribution in [-0.2, 0) is 11.0 Å². The molecule has 3 rings (SSSR count). The summed E-state index contributed by atoms with van der Waals surface area (Å²) in [6.45, 7) is 1.61. The second kappa shape index (κ2) is 6.55. The lowest BCUT2D eigenvalue weighted by atomic mass is 10.2. The summed E-state index contributed by atoms with van der Waals surface area (Å²) in [4.78, 5) is 13.4. The van der Waals surface area contributed by atoms with E-state index in [-0.39, 0.29) is 27.5 Å². The predicted octanol–water partition coefficient (Wildman–Crippen LogP) is 5.55. The quantitative estimate of drug-likeness (QED) is 0.657. The first-order valence-electron chi connectivity index (χ1n) is 7.40. The Balaban J connectivity index is 1.94. The largest absolute Gasteiger partial charge is 0.479 e. The molecule has 1 aliphatic heterocycles. The van der Waals surface area contributed by atoms with E-state index in [4.69, 9.17) is 32.7 Å². The number of alkyl halides is 3. The maximum Gasteiger partial charge on any atom is 0.416 e. The smallest absolute Gasteiger partial charge is 0.416 e. The van der Waals surface area contributed by atoms with E-state index < -0.39 is 17.8 Å². The molecule has 1 atom stereocenters. The summed E-state index contributed by atoms with van der Waals surface area (Å²) in [5.41, 5.74) is -0.423. The third-order valence-corrected chi connectivity index (χ3v) is 4.38. The molecule has 0 aliphatic carbocycles. The van der Waals surface area contributed by atoms with Gasteiger partial charge in [-0.15, -0.1) is 0 Å². The first kappa shape index (κ1) is 18.7. The van der Waals surface area contributed by atoms with Crippen LogP contribution in [-0.4, -0.2) is 19.1 Å². The topological polar surface area (TPSA) is 38.8 Å². The monoisotopic (exact) mass is 405 g/mol. The molecule has 1 aliphatic rings. The first-order valence-corrected chi connectivity index (χ1v) is 8.16. The highest BCUT2D eigenvalue weighted by Crippen LogP contribution is 2.43. The minimum Gasteiger partial charge on any atom is -0.479 e. The number of nitrogens with zero attached hydrogens (tertiary/aromatic N) is 1. The number of carbonyl (C=O) groups excluding carboxylic acids is 1. The van der Waals surface area contributed by atoms with Gasteiger partial charge in [-0.3, -0.25) is 4.79 Å². The molecule has 2 aromatic carbocycles. The molecule has 0 aromatic heterocycles. The first-order chi connectivity index (χ1) is 12.1. The van der Waals surface area contributed by atoms with E-state index in [9.17, 15) is 18.0 Å². The van der Waals surface area contributed by atoms with Gasteiger partial charge in [0.1, 0.15) is 11.5 Å². The van der Waals surface area contributed by atoms with Crippen LogP contribution in [0.15, 0.2) is 30.3 Å². The predicted molar refractivity (Wildman–Crippen MR) is 91.5 cm³/mol. The maximum absolute atomic E-state index is 12.8. The number of carbonyl (C=O) groups is 1. The van der Waals surface area contributed by atoms with E-state index >= 15 is 0 Å². The molecule has 2 aromatic rings. The number of rotatable bonds is 2. The van der Waals surface area contributed by atoms with E-state index in [1.165, 1.54) is 17.0 Å². The number of ether oxygens (including phenoxy) is 2. The van der Waals surface area contributed by atoms with Crippen LogP contribution in [0.4, 0.5) is 18.9 Å². The van der Waals surface area contributed by atoms with Crippen LogP contribution in [0.2, 0.25) is 10.0 Å². The van der Waals surface area contributed by atoms with Gasteiger partial charge in [0.15, 0.2) is 11.9 Å². The van der Waals surface area contributed by atoms with Gasteiger partial charge in [-0.25, -0.2) is 0 Å². The van der Waals surface area contributed by atoms with Gasteiger partial charge in [0.25, 0.3) is 5.91 Å². The van der Waals surface area contributed by atoms with Crippen LogP contribution in [0.5, 0.6) is 17.2 Å². The Kier molecular flexibility index (Phi) is 4.71. The van der Waals surface area contributed by atoms with Gasteiger partial charge in [-0.05, 0) is 31.2 Å². The van der Waals surface area contributed by atoms with Gasteiger partial charge in [0.05, 0.1) is 21.3 Å². The standard InChI is InChI=1S/C17H12Cl2F3NO3/c1-8-16(24)23(2)13-4-3-10(7-14(13)25-8)26-15-11(18)5-9(6-12(15)19)17(20,21)22/h3-8H,1-2H3. The molecule has 9 heteroatoms. The Morgan fingerprint density at radius 1 is 1.15 bits per heavy atom. The van der Waals surface area contributed by atoms with Crippen LogP contribution in [0.25, 0.3) is 0 Å². The van der Waals surface area contributed by atoms with E-state index in [1.54, 1.807) is 20.0 Å². The average molecular weight is 406 g/mol. The molecule has 0 spiro atoms. The third kappa shape index (κ3) is 3.41. The molecule has 0 N–H and O–H groups in total. The van der Waals surface area contributed by atoms with Crippen molar-refractivity contribution in [3.8, 4) is 17.2 Å². The van der Waals surface area contributed by atoms with Crippen molar-refractivity contribution >= 4 is 34.8 Å². The normalized spacial score (nSPS) is 17.0. The number of anilines is 1. The number of fused-ring (bicyclic) bond motifs is 1. The molecular weight excluding hydrogens is 394 g/mol. The summed E-state index contributed by atoms with van der Waals surface area (Å²) in [5.74, 6) is 0.355. The third-order valence-electron chi connectivity index (χ3n) is 3.82. The fraction of sp³-hybridized carbons (Fsp3) is 0.235. The van der Waals surface area contributed by atoms with Crippen molar-refractivity contribution in [2.24, 2.45) is 0 Å². The van der Waals surface area contributed by atoms with Crippen LogP contribution in [0, 0.1) is 0 Å². The zero-order valence-corrected chi connectivity index (χ0v) is 15.0. The minimum atomic E-state index is -4.57. The Morgan fingerprint density at radius 2 is 1.77 bits per heavy atom. The molecule has 1 unspecified atom stereocenters. The van der Waals surface area contributed by atoms with Crippen molar-refractivity contribution in [2.45, 2.75) is 19.2 Å². The van der Waals surface area contributed by atoms with Gasteiger partial charge in [0.2, 0.25) is 0 Å². The average Bonchev–Trinajstić information content (AvgIpc) is 2.55. The van der Waals surface area contributed by atoms with Gasteiger partial charge in [-0.1, -0.05) is 23.2 Å². The molecule has 0 saturated heterocycles. The summed E-state index contributed by atoms with van der Waals surface area (Å²) in [6.07, 6.45) is -5.24. The SMILES string of the molecule is CC1Oc2cc(Oc3c(Cl)cc(C(F)(F)F)cc3Cl)ccc2N(C)C1=O. The lowest BCUT2D eigenvalue weighted by molar-refractivity contribution is -0.137. The molecular formula is C17H12Cl2F3NO3. The van der Waals surface area contributed by atoms with Crippen molar-refractivity contribution in [2.75, 3.05) is 11.9 Å². The van der Waals surface area contributed by atoms with Crippen LogP contribution < -0.4 is 14.4 Å². The number of halogens is 5. The second-order valence-electron chi connectivity index (χ2n) is 5.66. The summed E-state index contributed by atoms with van der Waals surface area (Å²) in [7, 11) is 1.62. The summed E-state index contributed by atoms with van der Waals surface area (Å²) in [5, 5.41) is -0.548. The minimum absolute atomic E-state index is 0.102. The Hall–Kier alpha value is -2.12. The highest BCUT2D eigenvalue weighted by molar-refractivity contribution is 6.37. The fourth-order valence-electron chi connectivity index (χ4n) is 2.50. The zero-order chi connectivity index (χ0) is 19.2. The molecule has 26 heavy (non-hydrogen) atoms. The molecule has 0 radical (unpaired) electrons. The number of likely N-dealkylation sites (N-methyl/N-ethyl adjacent to an activating group) is 1. The van der Waals surface area contributed by atoms with E-state index in [0.717, 1.165) is 12.1 Å². The van der Waals surface area contributed by atoms with Crippen molar-refractivity contribution in [1.29, 1.82) is 0 Å². The van der Waals surface area contributed by atoms with Crippen molar-refractivity contribution in [3.63, 3.8) is 0 Å². The summed E-state index contributed by atoms with van der Waals surface area (Å²) in [6, 6.07) is 6.13. The van der Waals surface area contributed by atoms with Crippen molar-refractivity contribution in [1.82, 2.24) is 0 Å². The number of benzene rings is 2. The highest BCUT2D eigenvalue weighted by Gasteiger charge is 2.33. The van der Waals surface area contributed by atoms with Crippen LogP contribution in [0.3, 0.4) is 0 Å². The van der Waals surface area contributed by atoms with E-state index in [1.807, 2.05) is 0 Å². The zero-order valence-electron chi connectivity index (χ0n) is 13.5. The van der Waals surface area contributed by atoms with Gasteiger partial charge in [-0.2, -0.15) is 13.2 Å². The van der Waals surface area contributed by atoms with Crippen molar-refractivity contribution in [3.05, 3.63) is 45.9 Å². The lowest BCUT2D eigenvalue weighted by Crippen LogP contribution is -2.41. The molecule has 1 amide bonds. The van der Waals surface area contributed by atoms with E-state index in [0.29, 0.717) is 11.4 Å². The Bertz CT molecular complexity index is 863. The molecule has 1 heterocycles. The van der Waals surface area contributed by atoms with Gasteiger partial charge >= 0.3 is 6.18 Å². The lowest BCUT2D eigenvalue weighted by Gasteiger charge is -2.30. The molecule has 0 saturated carbocycles. The Labute approximate surface area is 157 Å². The maximum atomic E-state index is 12.8. The van der Waals surface area contributed by atoms with Gasteiger partial charge < -0.3 is 14.4 Å². The molecule has 138 valence electrons. The molecule has 0 fully saturated rings. The Morgan fingerprint density at radius 3 is 2.35 bits per heavy atom. The second-order valence-corrected chi connectivity index (χ2v) is 6.47. The van der Waals surface area contributed by atoms with Gasteiger partial charge in [0, 0.05) is 13.1 Å². The number of hydrogen-bond donors (Lipinski definition) is 0. The number of amides is 1. The van der Waals surface area contributed by atoms with Crippen LogP contribution in [0.1, 0.15) is 12.5 Å². The van der Waals surface area contributed by atoms with Crippen LogP contribution >= 0.6 is 23.2 Å². The van der Waals surface area contributed by atoms with E-state index in [2.05, 4.69) is 0 Å². The highest BCUT2D eigenvalue weighted by atomic mass is 35.5. The summed E-state index contributed by atoms with van der Waals surface area (Å²) < 4.78 is 49.5. The fourth-order valence-corrected chi connectivity index (χ4v) is 3.06. The molecule has 0 bridgehead atoms. The van der Waals surface area contributed by atoms with Crippen molar-refractivity contribution < 1.29 is 27.4 Å². The number of hydrogen-bond acceptors (Lipinski definition) is 3. The summed E-state index contributed by atoms with van der Waals surface area (Å²) >= 11 is 11.8.